The van der Waals surface area contributed by atoms with Gasteiger partial charge in [-0.3, -0.25) is 4.90 Å². The number of benzene rings is 1. The lowest BCUT2D eigenvalue weighted by atomic mass is 9.64. The van der Waals surface area contributed by atoms with E-state index in [-0.39, 0.29) is 5.41 Å². The molecule has 0 saturated carbocycles. The first-order chi connectivity index (χ1) is 15.6. The molecule has 0 bridgehead atoms. The van der Waals surface area contributed by atoms with Gasteiger partial charge in [0.05, 0.1) is 0 Å². The summed E-state index contributed by atoms with van der Waals surface area (Å²) in [4.78, 5) is 17.1. The first-order valence-electron chi connectivity index (χ1n) is 12.7. The molecule has 32 heavy (non-hydrogen) atoms. The normalized spacial score (nSPS) is 29.3. The van der Waals surface area contributed by atoms with Gasteiger partial charge >= 0.3 is 0 Å². The fourth-order valence-corrected chi connectivity index (χ4v) is 7.56. The van der Waals surface area contributed by atoms with Crippen LogP contribution in [-0.2, 0) is 19.3 Å². The molecule has 4 aliphatic heterocycles. The summed E-state index contributed by atoms with van der Waals surface area (Å²) in [5.41, 5.74) is 8.17. The van der Waals surface area contributed by atoms with Crippen LogP contribution in [0.5, 0.6) is 5.75 Å². The summed E-state index contributed by atoms with van der Waals surface area (Å²) in [6.07, 6.45) is 12.9. The second-order valence-corrected chi connectivity index (χ2v) is 10.9. The molecule has 5 aliphatic rings. The number of nitrogens with zero attached hydrogens (tertiary/aromatic N) is 3. The Morgan fingerprint density at radius 2 is 1.84 bits per heavy atom. The monoisotopic (exact) mass is 433 g/mol. The first-order valence-corrected chi connectivity index (χ1v) is 12.7. The van der Waals surface area contributed by atoms with E-state index < -0.39 is 0 Å². The minimum Gasteiger partial charge on any atom is -0.507 e. The molecule has 0 spiro atoms. The molecule has 0 radical (unpaired) electrons. The Balaban J connectivity index is 1.33. The van der Waals surface area contributed by atoms with Gasteiger partial charge in [-0.15, -0.1) is 4.91 Å². The van der Waals surface area contributed by atoms with E-state index in [1.165, 1.54) is 36.1 Å². The van der Waals surface area contributed by atoms with Crippen LogP contribution in [0.15, 0.2) is 34.2 Å². The number of piperidine rings is 2. The van der Waals surface area contributed by atoms with Crippen molar-refractivity contribution in [3.63, 3.8) is 0 Å². The number of aromatic hydroxyl groups is 1. The van der Waals surface area contributed by atoms with Crippen LogP contribution in [0.3, 0.4) is 0 Å². The molecule has 0 aromatic heterocycles. The standard InChI is InChI=1S/C27H35N3O2/c1-27-11-5-15-30-14-3-7-21(26(27)30)23(28-32)20(17-27)10-9-19-16-18-6-2-12-29-13-4-8-22(24(18)29)25(19)31/h16-17,26,31H,2-15H2,1H3. The molecular weight excluding hydrogens is 398 g/mol. The Morgan fingerprint density at radius 1 is 1.06 bits per heavy atom. The molecule has 170 valence electrons. The molecule has 5 heteroatoms. The van der Waals surface area contributed by atoms with Crippen LogP contribution in [0.4, 0.5) is 5.69 Å². The van der Waals surface area contributed by atoms with Crippen molar-refractivity contribution in [2.45, 2.75) is 77.2 Å². The van der Waals surface area contributed by atoms with Crippen LogP contribution in [-0.4, -0.2) is 42.2 Å². The summed E-state index contributed by atoms with van der Waals surface area (Å²) in [6, 6.07) is 2.61. The number of phenols is 1. The van der Waals surface area contributed by atoms with Crippen molar-refractivity contribution in [1.82, 2.24) is 4.90 Å². The Bertz CT molecular complexity index is 1020. The zero-order valence-electron chi connectivity index (χ0n) is 19.3. The summed E-state index contributed by atoms with van der Waals surface area (Å²) < 4.78 is 0. The number of allylic oxidation sites excluding steroid dienone is 1. The highest BCUT2D eigenvalue weighted by atomic mass is 16.3. The highest BCUT2D eigenvalue weighted by Crippen LogP contribution is 2.50. The van der Waals surface area contributed by atoms with Gasteiger partial charge in [-0.25, -0.2) is 0 Å². The highest BCUT2D eigenvalue weighted by Gasteiger charge is 2.47. The van der Waals surface area contributed by atoms with Gasteiger partial charge in [0.25, 0.3) is 0 Å². The quantitative estimate of drug-likeness (QED) is 0.659. The molecule has 1 aromatic rings. The van der Waals surface area contributed by atoms with Crippen molar-refractivity contribution in [3.8, 4) is 5.75 Å². The van der Waals surface area contributed by atoms with Crippen molar-refractivity contribution >= 4 is 5.69 Å². The SMILES string of the molecule is CC12C=C(CCc3cc4c5c(c3O)CCCN5CCC4)C(N=O)=C3CCCN(CCC1)C32. The average Bonchev–Trinajstić information content (AvgIpc) is 2.80. The number of rotatable bonds is 4. The summed E-state index contributed by atoms with van der Waals surface area (Å²) in [5, 5.41) is 14.8. The van der Waals surface area contributed by atoms with Gasteiger partial charge in [-0.1, -0.05) is 19.1 Å². The van der Waals surface area contributed by atoms with Crippen LogP contribution in [0.2, 0.25) is 0 Å². The number of anilines is 1. The van der Waals surface area contributed by atoms with E-state index in [1.807, 2.05) is 0 Å². The smallest absolute Gasteiger partial charge is 0.124 e. The van der Waals surface area contributed by atoms with E-state index in [2.05, 4.69) is 34.0 Å². The second-order valence-electron chi connectivity index (χ2n) is 10.9. The van der Waals surface area contributed by atoms with E-state index in [4.69, 9.17) is 0 Å². The number of nitroso groups, excluding NO2 is 1. The van der Waals surface area contributed by atoms with Gasteiger partial charge in [0, 0.05) is 35.8 Å². The van der Waals surface area contributed by atoms with Crippen molar-refractivity contribution in [3.05, 3.63) is 50.6 Å². The Hall–Kier alpha value is -2.14. The second kappa shape index (κ2) is 7.72. The zero-order chi connectivity index (χ0) is 21.9. The van der Waals surface area contributed by atoms with Gasteiger partial charge in [-0.2, -0.15) is 0 Å². The Morgan fingerprint density at radius 3 is 2.69 bits per heavy atom. The van der Waals surface area contributed by atoms with E-state index >= 15 is 0 Å². The molecule has 1 N–H and O–H groups in total. The number of phenolic OH excluding ortho intramolecular Hbond substituents is 1. The molecule has 2 saturated heterocycles. The molecule has 6 rings (SSSR count). The maximum absolute atomic E-state index is 12.0. The molecule has 2 atom stereocenters. The molecule has 2 unspecified atom stereocenters. The maximum Gasteiger partial charge on any atom is 0.124 e. The predicted octanol–water partition coefficient (Wildman–Crippen LogP) is 5.25. The molecule has 4 heterocycles. The Kier molecular flexibility index (Phi) is 4.94. The number of hydrogen-bond acceptors (Lipinski definition) is 5. The summed E-state index contributed by atoms with van der Waals surface area (Å²) in [6.45, 7) is 6.89. The largest absolute Gasteiger partial charge is 0.507 e. The lowest BCUT2D eigenvalue weighted by Crippen LogP contribution is -2.55. The topological polar surface area (TPSA) is 56.1 Å². The highest BCUT2D eigenvalue weighted by molar-refractivity contribution is 5.69. The van der Waals surface area contributed by atoms with Crippen LogP contribution >= 0.6 is 0 Å². The maximum atomic E-state index is 12.0. The zero-order valence-corrected chi connectivity index (χ0v) is 19.3. The van der Waals surface area contributed by atoms with E-state index in [0.717, 1.165) is 93.5 Å². The van der Waals surface area contributed by atoms with E-state index in [9.17, 15) is 10.0 Å². The van der Waals surface area contributed by atoms with Crippen molar-refractivity contribution < 1.29 is 5.11 Å². The lowest BCUT2D eigenvalue weighted by Gasteiger charge is -2.53. The van der Waals surface area contributed by atoms with E-state index in [0.29, 0.717) is 11.8 Å². The van der Waals surface area contributed by atoms with Gasteiger partial charge < -0.3 is 10.0 Å². The van der Waals surface area contributed by atoms with Crippen LogP contribution < -0.4 is 4.90 Å². The molecule has 2 fully saturated rings. The van der Waals surface area contributed by atoms with Gasteiger partial charge in [0.15, 0.2) is 0 Å². The molecule has 1 aliphatic carbocycles. The molecule has 5 nitrogen and oxygen atoms in total. The number of hydrogen-bond donors (Lipinski definition) is 1. The average molecular weight is 434 g/mol. The third-order valence-electron chi connectivity index (χ3n) is 8.81. The Labute approximate surface area is 191 Å². The predicted molar refractivity (Wildman–Crippen MR) is 128 cm³/mol. The fourth-order valence-electron chi connectivity index (χ4n) is 7.56. The summed E-state index contributed by atoms with van der Waals surface area (Å²) in [7, 11) is 0. The van der Waals surface area contributed by atoms with Crippen molar-refractivity contribution in [2.24, 2.45) is 10.6 Å². The van der Waals surface area contributed by atoms with Crippen LogP contribution in [0, 0.1) is 10.3 Å². The first kappa shape index (κ1) is 20.5. The lowest BCUT2D eigenvalue weighted by molar-refractivity contribution is 0.0580. The fraction of sp³-hybridized carbons (Fsp3) is 0.630. The third-order valence-corrected chi connectivity index (χ3v) is 8.81. The summed E-state index contributed by atoms with van der Waals surface area (Å²) >= 11 is 0. The summed E-state index contributed by atoms with van der Waals surface area (Å²) in [5.74, 6) is 0.505. The minimum atomic E-state index is 0.0991. The number of aryl methyl sites for hydroxylation is 2. The van der Waals surface area contributed by atoms with Crippen molar-refractivity contribution in [1.29, 1.82) is 0 Å². The van der Waals surface area contributed by atoms with Gasteiger partial charge in [0.1, 0.15) is 11.4 Å². The van der Waals surface area contributed by atoms with Gasteiger partial charge in [0.2, 0.25) is 0 Å². The molecule has 1 aromatic carbocycles. The van der Waals surface area contributed by atoms with Crippen LogP contribution in [0.25, 0.3) is 0 Å². The van der Waals surface area contributed by atoms with Crippen molar-refractivity contribution in [2.75, 3.05) is 31.1 Å². The third kappa shape index (κ3) is 3.07. The van der Waals surface area contributed by atoms with Crippen LogP contribution in [0.1, 0.15) is 68.6 Å². The van der Waals surface area contributed by atoms with Gasteiger partial charge in [-0.05, 0) is 105 Å². The molecule has 0 amide bonds. The molecular formula is C27H35N3O2. The minimum absolute atomic E-state index is 0.0991. The van der Waals surface area contributed by atoms with E-state index in [1.54, 1.807) is 0 Å².